The first kappa shape index (κ1) is 13.8. The normalized spacial score (nSPS) is 12.7. The van der Waals surface area contributed by atoms with Gasteiger partial charge >= 0.3 is 0 Å². The second kappa shape index (κ2) is 6.00. The number of benzene rings is 1. The standard InChI is InChI=1S/C15H18BrNS/c1-10-4-5-11(2)14(8-10)12(3)17-9-13-6-7-15(16)18-13/h4-8,12,17H,9H2,1-3H3. The smallest absolute Gasteiger partial charge is 0.0701 e. The van der Waals surface area contributed by atoms with Crippen LogP contribution in [0.25, 0.3) is 0 Å². The molecule has 1 atom stereocenters. The Labute approximate surface area is 121 Å². The molecule has 18 heavy (non-hydrogen) atoms. The van der Waals surface area contributed by atoms with Gasteiger partial charge < -0.3 is 5.32 Å². The molecule has 0 aliphatic heterocycles. The summed E-state index contributed by atoms with van der Waals surface area (Å²) in [6, 6.07) is 11.3. The highest BCUT2D eigenvalue weighted by Gasteiger charge is 2.08. The van der Waals surface area contributed by atoms with Crippen LogP contribution in [-0.2, 0) is 6.54 Å². The molecule has 0 bridgehead atoms. The maximum absolute atomic E-state index is 3.59. The van der Waals surface area contributed by atoms with Gasteiger partial charge in [-0.15, -0.1) is 11.3 Å². The molecule has 96 valence electrons. The Bertz CT molecular complexity index is 533. The van der Waals surface area contributed by atoms with Crippen LogP contribution in [0.4, 0.5) is 0 Å². The molecular weight excluding hydrogens is 306 g/mol. The summed E-state index contributed by atoms with van der Waals surface area (Å²) in [4.78, 5) is 1.36. The highest BCUT2D eigenvalue weighted by atomic mass is 79.9. The average molecular weight is 324 g/mol. The van der Waals surface area contributed by atoms with Crippen LogP contribution in [0.2, 0.25) is 0 Å². The molecule has 1 N–H and O–H groups in total. The zero-order valence-corrected chi connectivity index (χ0v) is 13.4. The van der Waals surface area contributed by atoms with Crippen LogP contribution in [0.15, 0.2) is 34.1 Å². The first-order chi connectivity index (χ1) is 8.56. The van der Waals surface area contributed by atoms with Crippen LogP contribution in [0.1, 0.15) is 34.5 Å². The fraction of sp³-hybridized carbons (Fsp3) is 0.333. The molecule has 0 aliphatic carbocycles. The Morgan fingerprint density at radius 2 is 2.00 bits per heavy atom. The summed E-state index contributed by atoms with van der Waals surface area (Å²) in [6.07, 6.45) is 0. The maximum atomic E-state index is 3.59. The fourth-order valence-corrected chi connectivity index (χ4v) is 3.47. The van der Waals surface area contributed by atoms with Gasteiger partial charge in [0.25, 0.3) is 0 Å². The number of hydrogen-bond acceptors (Lipinski definition) is 2. The quantitative estimate of drug-likeness (QED) is 0.836. The van der Waals surface area contributed by atoms with Crippen molar-refractivity contribution in [3.8, 4) is 0 Å². The minimum Gasteiger partial charge on any atom is -0.305 e. The molecule has 0 amide bonds. The largest absolute Gasteiger partial charge is 0.305 e. The number of rotatable bonds is 4. The van der Waals surface area contributed by atoms with Gasteiger partial charge in [-0.25, -0.2) is 0 Å². The highest BCUT2D eigenvalue weighted by Crippen LogP contribution is 2.23. The third-order valence-corrected chi connectivity index (χ3v) is 4.74. The Morgan fingerprint density at radius 3 is 2.67 bits per heavy atom. The van der Waals surface area contributed by atoms with Crippen molar-refractivity contribution >= 4 is 27.3 Å². The van der Waals surface area contributed by atoms with Crippen molar-refractivity contribution in [2.45, 2.75) is 33.4 Å². The van der Waals surface area contributed by atoms with E-state index in [1.165, 1.54) is 25.4 Å². The molecule has 0 aliphatic rings. The van der Waals surface area contributed by atoms with Crippen molar-refractivity contribution in [3.05, 3.63) is 55.7 Å². The van der Waals surface area contributed by atoms with E-state index in [1.54, 1.807) is 11.3 Å². The van der Waals surface area contributed by atoms with Gasteiger partial charge in [-0.2, -0.15) is 0 Å². The summed E-state index contributed by atoms with van der Waals surface area (Å²) in [5.74, 6) is 0. The second-order valence-corrected chi connectivity index (χ2v) is 7.22. The predicted molar refractivity (Wildman–Crippen MR) is 83.2 cm³/mol. The molecule has 3 heteroatoms. The molecule has 1 nitrogen and oxygen atoms in total. The van der Waals surface area contributed by atoms with Gasteiger partial charge in [0.05, 0.1) is 3.79 Å². The first-order valence-electron chi connectivity index (χ1n) is 6.11. The highest BCUT2D eigenvalue weighted by molar-refractivity contribution is 9.11. The minimum absolute atomic E-state index is 0.380. The van der Waals surface area contributed by atoms with Crippen LogP contribution < -0.4 is 5.32 Å². The van der Waals surface area contributed by atoms with E-state index in [2.05, 4.69) is 72.3 Å². The van der Waals surface area contributed by atoms with Gasteiger partial charge in [-0.3, -0.25) is 0 Å². The van der Waals surface area contributed by atoms with Gasteiger partial charge in [-0.1, -0.05) is 23.8 Å². The van der Waals surface area contributed by atoms with E-state index in [-0.39, 0.29) is 0 Å². The van der Waals surface area contributed by atoms with E-state index in [0.717, 1.165) is 6.54 Å². The van der Waals surface area contributed by atoms with Gasteiger partial charge in [0, 0.05) is 17.5 Å². The van der Waals surface area contributed by atoms with Crippen molar-refractivity contribution in [3.63, 3.8) is 0 Å². The molecule has 2 aromatic rings. The van der Waals surface area contributed by atoms with Gasteiger partial charge in [0.2, 0.25) is 0 Å². The lowest BCUT2D eigenvalue weighted by atomic mass is 10.00. The molecule has 1 unspecified atom stereocenters. The summed E-state index contributed by atoms with van der Waals surface area (Å²) in [5.41, 5.74) is 4.07. The summed E-state index contributed by atoms with van der Waals surface area (Å²) in [7, 11) is 0. The Hall–Kier alpha value is -0.640. The van der Waals surface area contributed by atoms with Crippen molar-refractivity contribution in [1.82, 2.24) is 5.32 Å². The van der Waals surface area contributed by atoms with E-state index < -0.39 is 0 Å². The first-order valence-corrected chi connectivity index (χ1v) is 7.72. The zero-order valence-electron chi connectivity index (χ0n) is 11.0. The summed E-state index contributed by atoms with van der Waals surface area (Å²) in [5, 5.41) is 3.59. The second-order valence-electron chi connectivity index (χ2n) is 4.67. The number of hydrogen-bond donors (Lipinski definition) is 1. The lowest BCUT2D eigenvalue weighted by molar-refractivity contribution is 0.576. The van der Waals surface area contributed by atoms with Crippen LogP contribution in [0.5, 0.6) is 0 Å². The van der Waals surface area contributed by atoms with E-state index in [4.69, 9.17) is 0 Å². The molecular formula is C15H18BrNS. The van der Waals surface area contributed by atoms with Crippen molar-refractivity contribution in [1.29, 1.82) is 0 Å². The third kappa shape index (κ3) is 3.44. The number of halogens is 1. The monoisotopic (exact) mass is 323 g/mol. The SMILES string of the molecule is Cc1ccc(C)c(C(C)NCc2ccc(Br)s2)c1. The molecule has 0 fully saturated rings. The molecule has 0 saturated heterocycles. The third-order valence-electron chi connectivity index (χ3n) is 3.11. The summed E-state index contributed by atoms with van der Waals surface area (Å²) >= 11 is 5.28. The average Bonchev–Trinajstić information content (AvgIpc) is 2.75. The molecule has 0 radical (unpaired) electrons. The van der Waals surface area contributed by atoms with Gasteiger partial charge in [0.1, 0.15) is 0 Å². The molecule has 2 rings (SSSR count). The topological polar surface area (TPSA) is 12.0 Å². The Morgan fingerprint density at radius 1 is 1.22 bits per heavy atom. The summed E-state index contributed by atoms with van der Waals surface area (Å²) < 4.78 is 1.19. The number of nitrogens with one attached hydrogen (secondary N) is 1. The van der Waals surface area contributed by atoms with E-state index in [0.29, 0.717) is 6.04 Å². The van der Waals surface area contributed by atoms with Crippen molar-refractivity contribution in [2.75, 3.05) is 0 Å². The lowest BCUT2D eigenvalue weighted by Gasteiger charge is -2.16. The van der Waals surface area contributed by atoms with Crippen molar-refractivity contribution in [2.24, 2.45) is 0 Å². The van der Waals surface area contributed by atoms with Crippen LogP contribution in [0, 0.1) is 13.8 Å². The fourth-order valence-electron chi connectivity index (χ4n) is 2.04. The Kier molecular flexibility index (Phi) is 4.60. The summed E-state index contributed by atoms with van der Waals surface area (Å²) in [6.45, 7) is 7.47. The molecule has 1 aromatic heterocycles. The molecule has 1 aromatic carbocycles. The van der Waals surface area contributed by atoms with Gasteiger partial charge in [0.15, 0.2) is 0 Å². The predicted octanol–water partition coefficient (Wildman–Crippen LogP) is 4.98. The minimum atomic E-state index is 0.380. The zero-order chi connectivity index (χ0) is 13.1. The van der Waals surface area contributed by atoms with E-state index >= 15 is 0 Å². The van der Waals surface area contributed by atoms with Crippen LogP contribution in [-0.4, -0.2) is 0 Å². The van der Waals surface area contributed by atoms with E-state index in [1.807, 2.05) is 0 Å². The Balaban J connectivity index is 2.03. The lowest BCUT2D eigenvalue weighted by Crippen LogP contribution is -2.18. The molecule has 1 heterocycles. The molecule has 0 spiro atoms. The maximum Gasteiger partial charge on any atom is 0.0701 e. The van der Waals surface area contributed by atoms with Crippen LogP contribution in [0.3, 0.4) is 0 Å². The van der Waals surface area contributed by atoms with Crippen molar-refractivity contribution < 1.29 is 0 Å². The van der Waals surface area contributed by atoms with Gasteiger partial charge in [-0.05, 0) is 60.0 Å². The van der Waals surface area contributed by atoms with Crippen LogP contribution >= 0.6 is 27.3 Å². The number of thiophene rings is 1. The van der Waals surface area contributed by atoms with E-state index in [9.17, 15) is 0 Å². The molecule has 0 saturated carbocycles. The number of aryl methyl sites for hydroxylation is 2.